The van der Waals surface area contributed by atoms with E-state index in [1.165, 1.54) is 13.5 Å². The fourth-order valence-corrected chi connectivity index (χ4v) is 2.16. The van der Waals surface area contributed by atoms with Crippen molar-refractivity contribution in [1.29, 1.82) is 0 Å². The van der Waals surface area contributed by atoms with E-state index in [0.717, 1.165) is 19.5 Å². The van der Waals surface area contributed by atoms with Crippen LogP contribution < -0.4 is 0 Å². The third kappa shape index (κ3) is 3.20. The van der Waals surface area contributed by atoms with E-state index in [2.05, 4.69) is 20.8 Å². The van der Waals surface area contributed by atoms with Gasteiger partial charge < -0.3 is 9.64 Å². The molecule has 0 saturated carbocycles. The van der Waals surface area contributed by atoms with Crippen LogP contribution in [0.3, 0.4) is 0 Å². The van der Waals surface area contributed by atoms with Gasteiger partial charge in [0, 0.05) is 13.1 Å². The second-order valence-electron chi connectivity index (χ2n) is 5.34. The summed E-state index contributed by atoms with van der Waals surface area (Å²) in [7, 11) is 1.44. The molecule has 1 fully saturated rings. The Kier molecular flexibility index (Phi) is 3.40. The highest BCUT2D eigenvalue weighted by Gasteiger charge is 2.29. The molecule has 0 bridgehead atoms. The summed E-state index contributed by atoms with van der Waals surface area (Å²) >= 11 is 0. The van der Waals surface area contributed by atoms with E-state index in [1.807, 2.05) is 0 Å². The first-order valence-corrected chi connectivity index (χ1v) is 5.25. The summed E-state index contributed by atoms with van der Waals surface area (Å²) in [6, 6.07) is 0. The summed E-state index contributed by atoms with van der Waals surface area (Å²) in [5, 5.41) is 0. The van der Waals surface area contributed by atoms with Crippen molar-refractivity contribution in [1.82, 2.24) is 4.90 Å². The zero-order chi connectivity index (χ0) is 10.8. The maximum atomic E-state index is 11.2. The lowest BCUT2D eigenvalue weighted by Gasteiger charge is -2.22. The van der Waals surface area contributed by atoms with Gasteiger partial charge in [-0.15, -0.1) is 0 Å². The van der Waals surface area contributed by atoms with Crippen LogP contribution in [0.25, 0.3) is 0 Å². The second-order valence-corrected chi connectivity index (χ2v) is 5.34. The molecule has 1 heterocycles. The van der Waals surface area contributed by atoms with Crippen LogP contribution in [0.2, 0.25) is 0 Å². The molecule has 0 aliphatic carbocycles. The first-order valence-electron chi connectivity index (χ1n) is 5.25. The molecule has 0 aromatic heterocycles. The highest BCUT2D eigenvalue weighted by molar-refractivity contribution is 5.67. The topological polar surface area (TPSA) is 29.5 Å². The lowest BCUT2D eigenvalue weighted by molar-refractivity contribution is 0.130. The minimum Gasteiger partial charge on any atom is -0.453 e. The highest BCUT2D eigenvalue weighted by Crippen LogP contribution is 2.30. The molecule has 0 aromatic carbocycles. The minimum absolute atomic E-state index is 0.179. The summed E-state index contributed by atoms with van der Waals surface area (Å²) in [4.78, 5) is 13.0. The minimum atomic E-state index is -0.179. The number of likely N-dealkylation sites (tertiary alicyclic amines) is 1. The molecule has 0 N–H and O–H groups in total. The fraction of sp³-hybridized carbons (Fsp3) is 0.909. The van der Waals surface area contributed by atoms with E-state index in [1.54, 1.807) is 4.90 Å². The van der Waals surface area contributed by atoms with Crippen LogP contribution in [0.15, 0.2) is 0 Å². The second kappa shape index (κ2) is 4.20. The van der Waals surface area contributed by atoms with Gasteiger partial charge in [0.05, 0.1) is 7.11 Å². The molecule has 1 rings (SSSR count). The van der Waals surface area contributed by atoms with Crippen molar-refractivity contribution in [3.8, 4) is 0 Å². The largest absolute Gasteiger partial charge is 0.453 e. The van der Waals surface area contributed by atoms with Gasteiger partial charge in [0.25, 0.3) is 0 Å². The molecule has 3 heteroatoms. The van der Waals surface area contributed by atoms with Crippen LogP contribution in [0.1, 0.15) is 33.6 Å². The average Bonchev–Trinajstić information content (AvgIpc) is 2.48. The quantitative estimate of drug-likeness (QED) is 0.649. The molecule has 1 amide bonds. The van der Waals surface area contributed by atoms with Crippen LogP contribution in [0.4, 0.5) is 4.79 Å². The number of amides is 1. The molecule has 1 saturated heterocycles. The van der Waals surface area contributed by atoms with E-state index >= 15 is 0 Å². The molecule has 1 aliphatic heterocycles. The predicted molar refractivity (Wildman–Crippen MR) is 56.2 cm³/mol. The molecule has 82 valence electrons. The normalized spacial score (nSPS) is 22.6. The van der Waals surface area contributed by atoms with E-state index in [9.17, 15) is 4.79 Å². The van der Waals surface area contributed by atoms with Gasteiger partial charge in [-0.1, -0.05) is 20.8 Å². The smallest absolute Gasteiger partial charge is 0.409 e. The van der Waals surface area contributed by atoms with E-state index in [-0.39, 0.29) is 6.09 Å². The summed E-state index contributed by atoms with van der Waals surface area (Å²) in [6.45, 7) is 8.45. The molecule has 3 nitrogen and oxygen atoms in total. The molecule has 1 aliphatic rings. The molecular formula is C11H21NO2. The van der Waals surface area contributed by atoms with Gasteiger partial charge in [-0.3, -0.25) is 0 Å². The van der Waals surface area contributed by atoms with Crippen molar-refractivity contribution in [2.75, 3.05) is 20.2 Å². The van der Waals surface area contributed by atoms with Crippen molar-refractivity contribution in [3.05, 3.63) is 0 Å². The van der Waals surface area contributed by atoms with Crippen molar-refractivity contribution < 1.29 is 9.53 Å². The van der Waals surface area contributed by atoms with E-state index in [0.29, 0.717) is 11.3 Å². The summed E-state index contributed by atoms with van der Waals surface area (Å²) in [5.41, 5.74) is 0.358. The number of carbonyl (C=O) groups is 1. The number of nitrogens with zero attached hydrogens (tertiary/aromatic N) is 1. The lowest BCUT2D eigenvalue weighted by atomic mass is 9.84. The predicted octanol–water partition coefficient (Wildman–Crippen LogP) is 2.51. The van der Waals surface area contributed by atoms with Gasteiger partial charge in [0.15, 0.2) is 0 Å². The van der Waals surface area contributed by atoms with Gasteiger partial charge in [-0.25, -0.2) is 4.79 Å². The van der Waals surface area contributed by atoms with Crippen molar-refractivity contribution >= 4 is 6.09 Å². The number of ether oxygens (including phenoxy) is 1. The molecular weight excluding hydrogens is 178 g/mol. The van der Waals surface area contributed by atoms with Crippen LogP contribution in [-0.2, 0) is 4.74 Å². The van der Waals surface area contributed by atoms with E-state index in [4.69, 9.17) is 4.74 Å². The van der Waals surface area contributed by atoms with Gasteiger partial charge in [-0.05, 0) is 24.2 Å². The standard InChI is InChI=1S/C11H21NO2/c1-11(2,3)7-9-5-6-12(8-9)10(13)14-4/h9H,5-8H2,1-4H3. The number of hydrogen-bond acceptors (Lipinski definition) is 2. The Hall–Kier alpha value is -0.730. The Morgan fingerprint density at radius 2 is 2.14 bits per heavy atom. The number of hydrogen-bond donors (Lipinski definition) is 0. The third-order valence-corrected chi connectivity index (χ3v) is 2.62. The molecule has 0 spiro atoms. The molecule has 0 radical (unpaired) electrons. The zero-order valence-corrected chi connectivity index (χ0v) is 9.67. The van der Waals surface area contributed by atoms with Crippen molar-refractivity contribution in [3.63, 3.8) is 0 Å². The van der Waals surface area contributed by atoms with Gasteiger partial charge in [-0.2, -0.15) is 0 Å². The van der Waals surface area contributed by atoms with Crippen molar-refractivity contribution in [2.45, 2.75) is 33.6 Å². The summed E-state index contributed by atoms with van der Waals surface area (Å²) in [6.07, 6.45) is 2.12. The monoisotopic (exact) mass is 199 g/mol. The van der Waals surface area contributed by atoms with Gasteiger partial charge in [0.2, 0.25) is 0 Å². The van der Waals surface area contributed by atoms with Crippen LogP contribution in [-0.4, -0.2) is 31.2 Å². The Morgan fingerprint density at radius 1 is 1.50 bits per heavy atom. The molecule has 1 atom stereocenters. The molecule has 1 unspecified atom stereocenters. The Morgan fingerprint density at radius 3 is 2.64 bits per heavy atom. The zero-order valence-electron chi connectivity index (χ0n) is 9.67. The summed E-state index contributed by atoms with van der Waals surface area (Å²) < 4.78 is 4.70. The summed E-state index contributed by atoms with van der Waals surface area (Å²) in [5.74, 6) is 0.647. The van der Waals surface area contributed by atoms with Gasteiger partial charge >= 0.3 is 6.09 Å². The third-order valence-electron chi connectivity index (χ3n) is 2.62. The Balaban J connectivity index is 2.38. The SMILES string of the molecule is COC(=O)N1CCC(CC(C)(C)C)C1. The Bertz CT molecular complexity index is 208. The molecule has 14 heavy (non-hydrogen) atoms. The van der Waals surface area contributed by atoms with Gasteiger partial charge in [0.1, 0.15) is 0 Å². The number of carbonyl (C=O) groups excluding carboxylic acids is 1. The van der Waals surface area contributed by atoms with Crippen LogP contribution in [0.5, 0.6) is 0 Å². The maximum absolute atomic E-state index is 11.2. The first kappa shape index (κ1) is 11.3. The average molecular weight is 199 g/mol. The highest BCUT2D eigenvalue weighted by atomic mass is 16.5. The first-order chi connectivity index (χ1) is 6.42. The molecule has 0 aromatic rings. The maximum Gasteiger partial charge on any atom is 0.409 e. The van der Waals surface area contributed by atoms with Crippen LogP contribution in [0, 0.1) is 11.3 Å². The van der Waals surface area contributed by atoms with E-state index < -0.39 is 0 Å². The van der Waals surface area contributed by atoms with Crippen molar-refractivity contribution in [2.24, 2.45) is 11.3 Å². The number of methoxy groups -OCH3 is 1. The Labute approximate surface area is 86.4 Å². The fourth-order valence-electron chi connectivity index (χ4n) is 2.16. The van der Waals surface area contributed by atoms with Crippen LogP contribution >= 0.6 is 0 Å². The lowest BCUT2D eigenvalue weighted by Crippen LogP contribution is -2.28. The number of rotatable bonds is 1.